The second-order valence-corrected chi connectivity index (χ2v) is 6.03. The van der Waals surface area contributed by atoms with Gasteiger partial charge in [-0.05, 0) is 38.4 Å². The van der Waals surface area contributed by atoms with E-state index in [4.69, 9.17) is 16.6 Å². The number of rotatable bonds is 5. The van der Waals surface area contributed by atoms with Gasteiger partial charge in [0.25, 0.3) is 0 Å². The number of hydrogen-bond acceptors (Lipinski definition) is 4. The van der Waals surface area contributed by atoms with Crippen molar-refractivity contribution < 1.29 is 0 Å². The van der Waals surface area contributed by atoms with Crippen molar-refractivity contribution in [2.24, 2.45) is 0 Å². The summed E-state index contributed by atoms with van der Waals surface area (Å²) in [4.78, 5) is 11.5. The minimum Gasteiger partial charge on any atom is -0.368 e. The van der Waals surface area contributed by atoms with Crippen molar-refractivity contribution in [3.63, 3.8) is 0 Å². The number of anilines is 1. The highest BCUT2D eigenvalue weighted by Gasteiger charge is 2.11. The molecule has 0 aliphatic rings. The maximum atomic E-state index is 6.30. The lowest BCUT2D eigenvalue weighted by molar-refractivity contribution is 0.425. The summed E-state index contributed by atoms with van der Waals surface area (Å²) in [5, 5.41) is 5.08. The molecule has 0 saturated heterocycles. The molecule has 118 valence electrons. The Labute approximate surface area is 141 Å². The number of nitrogens with zero attached hydrogens (tertiary/aromatic N) is 3. The maximum absolute atomic E-state index is 6.30. The molecular formula is C18H19ClN4. The third-order valence-electron chi connectivity index (χ3n) is 3.57. The molecule has 2 aromatic carbocycles. The molecule has 0 aliphatic heterocycles. The highest BCUT2D eigenvalue weighted by atomic mass is 35.5. The number of fused-ring (bicyclic) bond motifs is 1. The number of aromatic nitrogens is 2. The first kappa shape index (κ1) is 15.7. The van der Waals surface area contributed by atoms with Gasteiger partial charge in [-0.1, -0.05) is 35.9 Å². The van der Waals surface area contributed by atoms with E-state index >= 15 is 0 Å². The molecule has 0 fully saturated rings. The van der Waals surface area contributed by atoms with E-state index in [0.29, 0.717) is 10.8 Å². The van der Waals surface area contributed by atoms with Crippen LogP contribution in [-0.2, 0) is 0 Å². The zero-order valence-corrected chi connectivity index (χ0v) is 14.0. The van der Waals surface area contributed by atoms with Crippen LogP contribution in [0.3, 0.4) is 0 Å². The molecule has 0 spiro atoms. The summed E-state index contributed by atoms with van der Waals surface area (Å²) < 4.78 is 0. The standard InChI is InChI=1S/C18H19ClN4/c1-23(2)12-11-20-17-14-8-4-6-10-16(14)21-18(22-17)13-7-3-5-9-15(13)19/h3-10H,11-12H2,1-2H3,(H,20,21,22). The third kappa shape index (κ3) is 3.60. The highest BCUT2D eigenvalue weighted by molar-refractivity contribution is 6.33. The molecule has 0 bridgehead atoms. The van der Waals surface area contributed by atoms with E-state index in [9.17, 15) is 0 Å². The lowest BCUT2D eigenvalue weighted by Gasteiger charge is -2.13. The summed E-state index contributed by atoms with van der Waals surface area (Å²) in [5.74, 6) is 1.48. The first-order valence-corrected chi connectivity index (χ1v) is 7.93. The van der Waals surface area contributed by atoms with Gasteiger partial charge in [0.15, 0.2) is 5.82 Å². The molecule has 0 saturated carbocycles. The molecule has 3 aromatic rings. The van der Waals surface area contributed by atoms with Gasteiger partial charge < -0.3 is 10.2 Å². The molecule has 23 heavy (non-hydrogen) atoms. The summed E-state index contributed by atoms with van der Waals surface area (Å²) in [7, 11) is 4.10. The van der Waals surface area contributed by atoms with Gasteiger partial charge in [-0.15, -0.1) is 0 Å². The molecule has 5 heteroatoms. The molecule has 0 atom stereocenters. The van der Waals surface area contributed by atoms with Crippen molar-refractivity contribution in [1.29, 1.82) is 0 Å². The van der Waals surface area contributed by atoms with Crippen LogP contribution in [0.5, 0.6) is 0 Å². The van der Waals surface area contributed by atoms with E-state index in [2.05, 4.69) is 29.3 Å². The summed E-state index contributed by atoms with van der Waals surface area (Å²) >= 11 is 6.30. The van der Waals surface area contributed by atoms with Crippen LogP contribution in [0, 0.1) is 0 Å². The first-order chi connectivity index (χ1) is 11.1. The van der Waals surface area contributed by atoms with Crippen LogP contribution in [0.25, 0.3) is 22.3 Å². The summed E-state index contributed by atoms with van der Waals surface area (Å²) in [6.07, 6.45) is 0. The van der Waals surface area contributed by atoms with Crippen molar-refractivity contribution in [3.05, 3.63) is 53.6 Å². The van der Waals surface area contributed by atoms with Crippen LogP contribution in [0.2, 0.25) is 5.02 Å². The van der Waals surface area contributed by atoms with E-state index in [0.717, 1.165) is 35.4 Å². The van der Waals surface area contributed by atoms with Crippen LogP contribution < -0.4 is 5.32 Å². The zero-order valence-electron chi connectivity index (χ0n) is 13.3. The Bertz CT molecular complexity index is 817. The average molecular weight is 327 g/mol. The van der Waals surface area contributed by atoms with Crippen molar-refractivity contribution in [1.82, 2.24) is 14.9 Å². The molecule has 1 heterocycles. The van der Waals surface area contributed by atoms with Gasteiger partial charge >= 0.3 is 0 Å². The topological polar surface area (TPSA) is 41.0 Å². The summed E-state index contributed by atoms with van der Waals surface area (Å²) in [6, 6.07) is 15.7. The van der Waals surface area contributed by atoms with Crippen LogP contribution in [0.4, 0.5) is 5.82 Å². The van der Waals surface area contributed by atoms with E-state index in [-0.39, 0.29) is 0 Å². The Morgan fingerprint density at radius 3 is 2.52 bits per heavy atom. The van der Waals surface area contributed by atoms with Crippen molar-refractivity contribution in [2.75, 3.05) is 32.5 Å². The van der Waals surface area contributed by atoms with Gasteiger partial charge in [-0.2, -0.15) is 0 Å². The van der Waals surface area contributed by atoms with Crippen molar-refractivity contribution >= 4 is 28.3 Å². The molecule has 0 aliphatic carbocycles. The quantitative estimate of drug-likeness (QED) is 0.771. The SMILES string of the molecule is CN(C)CCNc1nc(-c2ccccc2Cl)nc2ccccc12. The third-order valence-corrected chi connectivity index (χ3v) is 3.90. The molecule has 0 unspecified atom stereocenters. The van der Waals surface area contributed by atoms with E-state index < -0.39 is 0 Å². The van der Waals surface area contributed by atoms with Crippen LogP contribution >= 0.6 is 11.6 Å². The molecule has 4 nitrogen and oxygen atoms in total. The van der Waals surface area contributed by atoms with E-state index in [1.165, 1.54) is 0 Å². The zero-order chi connectivity index (χ0) is 16.2. The normalized spacial score (nSPS) is 11.1. The highest BCUT2D eigenvalue weighted by Crippen LogP contribution is 2.28. The smallest absolute Gasteiger partial charge is 0.163 e. The van der Waals surface area contributed by atoms with Crippen molar-refractivity contribution in [3.8, 4) is 11.4 Å². The number of hydrogen-bond donors (Lipinski definition) is 1. The Hall–Kier alpha value is -2.17. The molecule has 1 aromatic heterocycles. The minimum absolute atomic E-state index is 0.640. The number of para-hydroxylation sites is 1. The van der Waals surface area contributed by atoms with E-state index in [1.807, 2.05) is 48.5 Å². The van der Waals surface area contributed by atoms with Gasteiger partial charge in [0, 0.05) is 24.0 Å². The van der Waals surface area contributed by atoms with Gasteiger partial charge in [0.2, 0.25) is 0 Å². The predicted molar refractivity (Wildman–Crippen MR) is 97.0 cm³/mol. The van der Waals surface area contributed by atoms with Crippen LogP contribution in [-0.4, -0.2) is 42.1 Å². The Kier molecular flexibility index (Phi) is 4.74. The van der Waals surface area contributed by atoms with Crippen LogP contribution in [0.1, 0.15) is 0 Å². The van der Waals surface area contributed by atoms with Gasteiger partial charge in [0.05, 0.1) is 10.5 Å². The predicted octanol–water partition coefficient (Wildman–Crippen LogP) is 3.92. The van der Waals surface area contributed by atoms with Gasteiger partial charge in [-0.25, -0.2) is 9.97 Å². The second kappa shape index (κ2) is 6.94. The first-order valence-electron chi connectivity index (χ1n) is 7.55. The average Bonchev–Trinajstić information content (AvgIpc) is 2.54. The maximum Gasteiger partial charge on any atom is 0.163 e. The second-order valence-electron chi connectivity index (χ2n) is 5.62. The Morgan fingerprint density at radius 1 is 1.00 bits per heavy atom. The lowest BCUT2D eigenvalue weighted by atomic mass is 10.2. The molecule has 1 N–H and O–H groups in total. The number of halogens is 1. The lowest BCUT2D eigenvalue weighted by Crippen LogP contribution is -2.21. The summed E-state index contributed by atoms with van der Waals surface area (Å²) in [6.45, 7) is 1.75. The fraction of sp³-hybridized carbons (Fsp3) is 0.222. The fourth-order valence-corrected chi connectivity index (χ4v) is 2.59. The van der Waals surface area contributed by atoms with Gasteiger partial charge in [0.1, 0.15) is 5.82 Å². The van der Waals surface area contributed by atoms with Crippen molar-refractivity contribution in [2.45, 2.75) is 0 Å². The molecule has 0 amide bonds. The minimum atomic E-state index is 0.640. The Morgan fingerprint density at radius 2 is 1.74 bits per heavy atom. The summed E-state index contributed by atoms with van der Waals surface area (Å²) in [5.41, 5.74) is 1.75. The van der Waals surface area contributed by atoms with E-state index in [1.54, 1.807) is 0 Å². The number of benzene rings is 2. The molecule has 0 radical (unpaired) electrons. The number of likely N-dealkylation sites (N-methyl/N-ethyl adjacent to an activating group) is 1. The largest absolute Gasteiger partial charge is 0.368 e. The van der Waals surface area contributed by atoms with Gasteiger partial charge in [-0.3, -0.25) is 0 Å². The monoisotopic (exact) mass is 326 g/mol. The fourth-order valence-electron chi connectivity index (χ4n) is 2.37. The Balaban J connectivity index is 2.05. The van der Waals surface area contributed by atoms with Crippen LogP contribution in [0.15, 0.2) is 48.5 Å². The number of nitrogens with one attached hydrogen (secondary N) is 1. The molecular weight excluding hydrogens is 308 g/mol. The molecule has 3 rings (SSSR count).